The number of piperidine rings is 1. The van der Waals surface area contributed by atoms with Gasteiger partial charge in [-0.25, -0.2) is 0 Å². The molecule has 3 rings (SSSR count). The summed E-state index contributed by atoms with van der Waals surface area (Å²) in [7, 11) is 0. The van der Waals surface area contributed by atoms with Crippen LogP contribution in [0.15, 0.2) is 30.3 Å². The van der Waals surface area contributed by atoms with Crippen molar-refractivity contribution in [2.45, 2.75) is 37.5 Å². The molecule has 120 valence electrons. The van der Waals surface area contributed by atoms with Gasteiger partial charge in [-0.2, -0.15) is 11.8 Å². The second kappa shape index (κ2) is 7.02. The van der Waals surface area contributed by atoms with Crippen LogP contribution in [0.5, 0.6) is 0 Å². The Bertz CT molecular complexity index is 503. The molecule has 2 aliphatic heterocycles. The largest absolute Gasteiger partial charge is 0.379 e. The number of nitrogens with one attached hydrogen (secondary N) is 1. The van der Waals surface area contributed by atoms with Crippen molar-refractivity contribution in [1.82, 2.24) is 10.2 Å². The number of thioether (sulfide) groups is 1. The Balaban J connectivity index is 1.53. The predicted octanol–water partition coefficient (Wildman–Crippen LogP) is 1.64. The Morgan fingerprint density at radius 2 is 2.23 bits per heavy atom. The monoisotopic (exact) mass is 320 g/mol. The van der Waals surface area contributed by atoms with Gasteiger partial charge in [-0.3, -0.25) is 9.69 Å². The van der Waals surface area contributed by atoms with Gasteiger partial charge in [0.25, 0.3) is 5.91 Å². The highest BCUT2D eigenvalue weighted by Gasteiger charge is 2.40. The van der Waals surface area contributed by atoms with Crippen molar-refractivity contribution in [3.8, 4) is 0 Å². The molecular weight excluding hydrogens is 296 g/mol. The van der Waals surface area contributed by atoms with Crippen LogP contribution in [0, 0.1) is 0 Å². The van der Waals surface area contributed by atoms with Crippen molar-refractivity contribution < 1.29 is 9.90 Å². The molecule has 22 heavy (non-hydrogen) atoms. The van der Waals surface area contributed by atoms with Crippen molar-refractivity contribution >= 4 is 17.7 Å². The Morgan fingerprint density at radius 3 is 2.95 bits per heavy atom. The van der Waals surface area contributed by atoms with E-state index in [0.717, 1.165) is 38.2 Å². The lowest BCUT2D eigenvalue weighted by molar-refractivity contribution is -0.138. The molecule has 2 atom stereocenters. The summed E-state index contributed by atoms with van der Waals surface area (Å²) in [5, 5.41) is 13.4. The fourth-order valence-electron chi connectivity index (χ4n) is 3.21. The zero-order valence-corrected chi connectivity index (χ0v) is 13.6. The minimum Gasteiger partial charge on any atom is -0.379 e. The van der Waals surface area contributed by atoms with E-state index >= 15 is 0 Å². The van der Waals surface area contributed by atoms with Crippen LogP contribution in [-0.4, -0.2) is 52.2 Å². The van der Waals surface area contributed by atoms with Crippen LogP contribution in [0.2, 0.25) is 0 Å². The van der Waals surface area contributed by atoms with Crippen molar-refractivity contribution in [1.29, 1.82) is 0 Å². The minimum absolute atomic E-state index is 0.152. The molecule has 2 fully saturated rings. The standard InChI is InChI=1S/C17H24N2O2S/c20-16(17(21)8-10-22-13-17)18-15-7-4-9-19(12-15)11-14-5-2-1-3-6-14/h1-3,5-6,15,21H,4,7-13H2,(H,18,20). The van der Waals surface area contributed by atoms with Crippen LogP contribution in [0.25, 0.3) is 0 Å². The smallest absolute Gasteiger partial charge is 0.253 e. The van der Waals surface area contributed by atoms with Gasteiger partial charge in [0.2, 0.25) is 0 Å². The van der Waals surface area contributed by atoms with Gasteiger partial charge >= 0.3 is 0 Å². The number of hydrogen-bond acceptors (Lipinski definition) is 4. The van der Waals surface area contributed by atoms with Gasteiger partial charge in [-0.1, -0.05) is 30.3 Å². The van der Waals surface area contributed by atoms with Gasteiger partial charge in [0.1, 0.15) is 0 Å². The average Bonchev–Trinajstić information content (AvgIpc) is 2.97. The van der Waals surface area contributed by atoms with E-state index in [1.54, 1.807) is 11.8 Å². The van der Waals surface area contributed by atoms with Crippen LogP contribution >= 0.6 is 11.8 Å². The summed E-state index contributed by atoms with van der Waals surface area (Å²) in [6.07, 6.45) is 2.66. The van der Waals surface area contributed by atoms with Crippen molar-refractivity contribution in [3.05, 3.63) is 35.9 Å². The molecule has 1 aromatic carbocycles. The number of rotatable bonds is 4. The molecular formula is C17H24N2O2S. The Kier molecular flexibility index (Phi) is 5.06. The van der Waals surface area contributed by atoms with Gasteiger partial charge in [0.15, 0.2) is 5.60 Å². The number of aliphatic hydroxyl groups is 1. The molecule has 0 aliphatic carbocycles. The second-order valence-corrected chi connectivity index (χ2v) is 7.47. The Morgan fingerprint density at radius 1 is 1.41 bits per heavy atom. The lowest BCUT2D eigenvalue weighted by atomic mass is 10.00. The number of carbonyl (C=O) groups is 1. The van der Waals surface area contributed by atoms with Gasteiger partial charge in [0, 0.05) is 24.9 Å². The highest BCUT2D eigenvalue weighted by atomic mass is 32.2. The van der Waals surface area contributed by atoms with E-state index in [0.29, 0.717) is 12.2 Å². The highest BCUT2D eigenvalue weighted by Crippen LogP contribution is 2.28. The number of likely N-dealkylation sites (tertiary alicyclic amines) is 1. The number of carbonyl (C=O) groups excluding carboxylic acids is 1. The molecule has 0 radical (unpaired) electrons. The quantitative estimate of drug-likeness (QED) is 0.885. The topological polar surface area (TPSA) is 52.6 Å². The number of benzene rings is 1. The molecule has 1 amide bonds. The van der Waals surface area contributed by atoms with E-state index < -0.39 is 5.60 Å². The summed E-state index contributed by atoms with van der Waals surface area (Å²) in [5.74, 6) is 1.22. The molecule has 2 heterocycles. The van der Waals surface area contributed by atoms with Crippen molar-refractivity contribution in [2.75, 3.05) is 24.6 Å². The fraction of sp³-hybridized carbons (Fsp3) is 0.588. The molecule has 2 N–H and O–H groups in total. The summed E-state index contributed by atoms with van der Waals surface area (Å²) in [5.41, 5.74) is 0.159. The molecule has 0 bridgehead atoms. The Labute approximate surface area is 136 Å². The van der Waals surface area contributed by atoms with Crippen molar-refractivity contribution in [2.24, 2.45) is 0 Å². The highest BCUT2D eigenvalue weighted by molar-refractivity contribution is 7.99. The molecule has 4 nitrogen and oxygen atoms in total. The van der Waals surface area contributed by atoms with Crippen LogP contribution in [0.1, 0.15) is 24.8 Å². The van der Waals surface area contributed by atoms with Crippen LogP contribution < -0.4 is 5.32 Å². The van der Waals surface area contributed by atoms with Gasteiger partial charge in [0.05, 0.1) is 0 Å². The third-order valence-electron chi connectivity index (χ3n) is 4.51. The van der Waals surface area contributed by atoms with Gasteiger partial charge in [-0.15, -0.1) is 0 Å². The zero-order valence-electron chi connectivity index (χ0n) is 12.8. The third kappa shape index (κ3) is 3.83. The van der Waals surface area contributed by atoms with E-state index in [-0.39, 0.29) is 11.9 Å². The SMILES string of the molecule is O=C(NC1CCCN(Cc2ccccc2)C1)C1(O)CCSC1. The van der Waals surface area contributed by atoms with E-state index in [2.05, 4.69) is 34.5 Å². The van der Waals surface area contributed by atoms with E-state index in [9.17, 15) is 9.90 Å². The molecule has 2 aliphatic rings. The van der Waals surface area contributed by atoms with Crippen LogP contribution in [0.4, 0.5) is 0 Å². The molecule has 2 saturated heterocycles. The van der Waals surface area contributed by atoms with E-state index in [1.165, 1.54) is 5.56 Å². The fourth-order valence-corrected chi connectivity index (χ4v) is 4.45. The molecule has 1 aromatic rings. The summed E-state index contributed by atoms with van der Waals surface area (Å²) in [6.45, 7) is 2.86. The maximum atomic E-state index is 12.3. The first kappa shape index (κ1) is 15.8. The molecule has 5 heteroatoms. The maximum absolute atomic E-state index is 12.3. The molecule has 0 spiro atoms. The summed E-state index contributed by atoms with van der Waals surface area (Å²) in [6, 6.07) is 10.6. The number of hydrogen-bond donors (Lipinski definition) is 2. The number of nitrogens with zero attached hydrogens (tertiary/aromatic N) is 1. The first-order valence-electron chi connectivity index (χ1n) is 8.03. The zero-order chi connectivity index (χ0) is 15.4. The van der Waals surface area contributed by atoms with E-state index in [4.69, 9.17) is 0 Å². The first-order valence-corrected chi connectivity index (χ1v) is 9.18. The molecule has 0 aromatic heterocycles. The van der Waals surface area contributed by atoms with Gasteiger partial charge < -0.3 is 10.4 Å². The average molecular weight is 320 g/mol. The third-order valence-corrected chi connectivity index (χ3v) is 5.69. The number of amides is 1. The lowest BCUT2D eigenvalue weighted by Crippen LogP contribution is -2.54. The Hall–Kier alpha value is -1.04. The summed E-state index contributed by atoms with van der Waals surface area (Å²) < 4.78 is 0. The van der Waals surface area contributed by atoms with Crippen LogP contribution in [-0.2, 0) is 11.3 Å². The first-order chi connectivity index (χ1) is 10.7. The molecule has 0 saturated carbocycles. The maximum Gasteiger partial charge on any atom is 0.253 e. The lowest BCUT2D eigenvalue weighted by Gasteiger charge is -2.34. The normalized spacial score (nSPS) is 29.4. The predicted molar refractivity (Wildman–Crippen MR) is 89.8 cm³/mol. The second-order valence-electron chi connectivity index (χ2n) is 6.37. The van der Waals surface area contributed by atoms with Crippen LogP contribution in [0.3, 0.4) is 0 Å². The summed E-state index contributed by atoms with van der Waals surface area (Å²) in [4.78, 5) is 14.7. The molecule has 2 unspecified atom stereocenters. The van der Waals surface area contributed by atoms with E-state index in [1.807, 2.05) is 6.07 Å². The minimum atomic E-state index is -1.15. The van der Waals surface area contributed by atoms with Crippen molar-refractivity contribution in [3.63, 3.8) is 0 Å². The summed E-state index contributed by atoms with van der Waals surface area (Å²) >= 11 is 1.65. The van der Waals surface area contributed by atoms with Gasteiger partial charge in [-0.05, 0) is 37.1 Å².